The van der Waals surface area contributed by atoms with Crippen LogP contribution >= 0.6 is 0 Å². The van der Waals surface area contributed by atoms with E-state index in [2.05, 4.69) is 24.1 Å². The van der Waals surface area contributed by atoms with Gasteiger partial charge in [-0.15, -0.1) is 0 Å². The van der Waals surface area contributed by atoms with Crippen molar-refractivity contribution in [3.05, 3.63) is 0 Å². The summed E-state index contributed by atoms with van der Waals surface area (Å²) in [4.78, 5) is 2.38. The summed E-state index contributed by atoms with van der Waals surface area (Å²) in [7, 11) is 1.69. The van der Waals surface area contributed by atoms with Crippen molar-refractivity contribution < 1.29 is 9.84 Å². The number of ether oxygens (including phenoxy) is 1. The molecule has 0 aromatic rings. The van der Waals surface area contributed by atoms with Crippen molar-refractivity contribution >= 4 is 0 Å². The van der Waals surface area contributed by atoms with Gasteiger partial charge >= 0.3 is 0 Å². The van der Waals surface area contributed by atoms with E-state index >= 15 is 0 Å². The molecule has 2 unspecified atom stereocenters. The minimum Gasteiger partial charge on any atom is -0.390 e. The standard InChI is InChI=1S/C13H28N2O2/c1-11(2)12-4-6-15(9-12)10-13(16)8-14-5-7-17-3/h11-14,16H,4-10H2,1-3H3. The first kappa shape index (κ1) is 14.9. The van der Waals surface area contributed by atoms with Crippen molar-refractivity contribution in [1.82, 2.24) is 10.2 Å². The molecule has 4 nitrogen and oxygen atoms in total. The molecule has 1 aliphatic heterocycles. The van der Waals surface area contributed by atoms with Crippen molar-refractivity contribution in [3.8, 4) is 0 Å². The van der Waals surface area contributed by atoms with E-state index in [0.717, 1.165) is 38.0 Å². The third-order valence-electron chi connectivity index (χ3n) is 3.58. The van der Waals surface area contributed by atoms with Gasteiger partial charge in [0, 0.05) is 33.3 Å². The maximum atomic E-state index is 9.89. The smallest absolute Gasteiger partial charge is 0.0791 e. The molecule has 1 heterocycles. The van der Waals surface area contributed by atoms with Gasteiger partial charge in [0.15, 0.2) is 0 Å². The molecule has 0 amide bonds. The van der Waals surface area contributed by atoms with Gasteiger partial charge in [0.2, 0.25) is 0 Å². The molecule has 1 rings (SSSR count). The Balaban J connectivity index is 2.08. The summed E-state index contributed by atoms with van der Waals surface area (Å²) in [5, 5.41) is 13.1. The molecule has 0 aliphatic carbocycles. The monoisotopic (exact) mass is 244 g/mol. The van der Waals surface area contributed by atoms with Gasteiger partial charge in [0.1, 0.15) is 0 Å². The van der Waals surface area contributed by atoms with Crippen LogP contribution in [0.2, 0.25) is 0 Å². The molecule has 1 saturated heterocycles. The number of likely N-dealkylation sites (tertiary alicyclic amines) is 1. The maximum absolute atomic E-state index is 9.89. The molecule has 0 aromatic heterocycles. The number of hydrogen-bond donors (Lipinski definition) is 2. The summed E-state index contributed by atoms with van der Waals surface area (Å²) < 4.78 is 4.94. The third-order valence-corrected chi connectivity index (χ3v) is 3.58. The van der Waals surface area contributed by atoms with E-state index in [1.54, 1.807) is 7.11 Å². The van der Waals surface area contributed by atoms with E-state index in [-0.39, 0.29) is 6.10 Å². The number of aliphatic hydroxyl groups is 1. The molecule has 0 aromatic carbocycles. The van der Waals surface area contributed by atoms with Crippen LogP contribution in [0.1, 0.15) is 20.3 Å². The highest BCUT2D eigenvalue weighted by Gasteiger charge is 2.25. The summed E-state index contributed by atoms with van der Waals surface area (Å²) in [6.07, 6.45) is 1.01. The van der Waals surface area contributed by atoms with Crippen LogP contribution in [0.15, 0.2) is 0 Å². The lowest BCUT2D eigenvalue weighted by Gasteiger charge is -2.21. The predicted molar refractivity (Wildman–Crippen MR) is 70.1 cm³/mol. The van der Waals surface area contributed by atoms with Crippen molar-refractivity contribution in [2.24, 2.45) is 11.8 Å². The van der Waals surface area contributed by atoms with Crippen LogP contribution in [0.25, 0.3) is 0 Å². The average Bonchev–Trinajstić information content (AvgIpc) is 2.73. The predicted octanol–water partition coefficient (Wildman–Crippen LogP) is 0.561. The number of aliphatic hydroxyl groups excluding tert-OH is 1. The zero-order valence-electron chi connectivity index (χ0n) is 11.5. The topological polar surface area (TPSA) is 44.7 Å². The van der Waals surface area contributed by atoms with Gasteiger partial charge in [-0.25, -0.2) is 0 Å². The molecule has 0 bridgehead atoms. The second-order valence-corrected chi connectivity index (χ2v) is 5.40. The largest absolute Gasteiger partial charge is 0.390 e. The molecule has 0 radical (unpaired) electrons. The summed E-state index contributed by atoms with van der Waals surface area (Å²) >= 11 is 0. The minimum absolute atomic E-state index is 0.266. The first-order chi connectivity index (χ1) is 8.13. The summed E-state index contributed by atoms with van der Waals surface area (Å²) in [6, 6.07) is 0. The lowest BCUT2D eigenvalue weighted by molar-refractivity contribution is 0.116. The Bertz CT molecular complexity index is 200. The van der Waals surface area contributed by atoms with Gasteiger partial charge in [0.05, 0.1) is 12.7 Å². The Labute approximate surface area is 105 Å². The van der Waals surface area contributed by atoms with Gasteiger partial charge in [-0.1, -0.05) is 13.8 Å². The van der Waals surface area contributed by atoms with E-state index < -0.39 is 0 Å². The molecule has 102 valence electrons. The highest BCUT2D eigenvalue weighted by molar-refractivity contribution is 4.79. The van der Waals surface area contributed by atoms with Gasteiger partial charge in [0.25, 0.3) is 0 Å². The van der Waals surface area contributed by atoms with Crippen LogP contribution in [0.3, 0.4) is 0 Å². The Morgan fingerprint density at radius 1 is 1.47 bits per heavy atom. The number of β-amino-alcohol motifs (C(OH)–C–C–N with tert-alkyl or cyclic N) is 1. The zero-order chi connectivity index (χ0) is 12.7. The van der Waals surface area contributed by atoms with Crippen LogP contribution in [0.5, 0.6) is 0 Å². The fourth-order valence-electron chi connectivity index (χ4n) is 2.38. The van der Waals surface area contributed by atoms with E-state index in [1.807, 2.05) is 0 Å². The first-order valence-corrected chi connectivity index (χ1v) is 6.73. The van der Waals surface area contributed by atoms with E-state index in [9.17, 15) is 5.11 Å². The molecule has 0 spiro atoms. The normalized spacial score (nSPS) is 23.5. The molecule has 1 fully saturated rings. The van der Waals surface area contributed by atoms with Gasteiger partial charge < -0.3 is 20.1 Å². The highest BCUT2D eigenvalue weighted by atomic mass is 16.5. The number of nitrogens with zero attached hydrogens (tertiary/aromatic N) is 1. The quantitative estimate of drug-likeness (QED) is 0.613. The Morgan fingerprint density at radius 3 is 2.82 bits per heavy atom. The molecule has 2 N–H and O–H groups in total. The van der Waals surface area contributed by atoms with Crippen molar-refractivity contribution in [2.45, 2.75) is 26.4 Å². The Hall–Kier alpha value is -0.160. The number of rotatable bonds is 8. The molecular weight excluding hydrogens is 216 g/mol. The Morgan fingerprint density at radius 2 is 2.24 bits per heavy atom. The third kappa shape index (κ3) is 5.82. The molecule has 1 aliphatic rings. The van der Waals surface area contributed by atoms with E-state index in [4.69, 9.17) is 4.74 Å². The van der Waals surface area contributed by atoms with Crippen molar-refractivity contribution in [3.63, 3.8) is 0 Å². The number of hydrogen-bond acceptors (Lipinski definition) is 4. The minimum atomic E-state index is -0.266. The van der Waals surface area contributed by atoms with Crippen LogP contribution in [0.4, 0.5) is 0 Å². The summed E-state index contributed by atoms with van der Waals surface area (Å²) in [5.74, 6) is 1.57. The first-order valence-electron chi connectivity index (χ1n) is 6.73. The highest BCUT2D eigenvalue weighted by Crippen LogP contribution is 2.23. The van der Waals surface area contributed by atoms with Crippen LogP contribution in [0, 0.1) is 11.8 Å². The van der Waals surface area contributed by atoms with E-state index in [0.29, 0.717) is 13.2 Å². The molecule has 0 saturated carbocycles. The second kappa shape index (κ2) is 8.03. The lowest BCUT2D eigenvalue weighted by Crippen LogP contribution is -2.38. The van der Waals surface area contributed by atoms with Crippen LogP contribution in [-0.2, 0) is 4.74 Å². The number of methoxy groups -OCH3 is 1. The maximum Gasteiger partial charge on any atom is 0.0791 e. The lowest BCUT2D eigenvalue weighted by atomic mass is 9.95. The van der Waals surface area contributed by atoms with E-state index in [1.165, 1.54) is 6.42 Å². The molecule has 4 heteroatoms. The van der Waals surface area contributed by atoms with Crippen LogP contribution < -0.4 is 5.32 Å². The fraction of sp³-hybridized carbons (Fsp3) is 1.00. The van der Waals surface area contributed by atoms with Gasteiger partial charge in [-0.2, -0.15) is 0 Å². The van der Waals surface area contributed by atoms with Crippen molar-refractivity contribution in [2.75, 3.05) is 46.4 Å². The average molecular weight is 244 g/mol. The fourth-order valence-corrected chi connectivity index (χ4v) is 2.38. The summed E-state index contributed by atoms with van der Waals surface area (Å²) in [6.45, 7) is 9.82. The Kier molecular flexibility index (Phi) is 7.04. The van der Waals surface area contributed by atoms with Gasteiger partial charge in [-0.05, 0) is 24.8 Å². The number of nitrogens with one attached hydrogen (secondary N) is 1. The van der Waals surface area contributed by atoms with Crippen LogP contribution in [-0.4, -0.2) is 62.6 Å². The van der Waals surface area contributed by atoms with Crippen molar-refractivity contribution in [1.29, 1.82) is 0 Å². The SMILES string of the molecule is COCCNCC(O)CN1CCC(C(C)C)C1. The second-order valence-electron chi connectivity index (χ2n) is 5.40. The zero-order valence-corrected chi connectivity index (χ0v) is 11.5. The van der Waals surface area contributed by atoms with Gasteiger partial charge in [-0.3, -0.25) is 0 Å². The summed E-state index contributed by atoms with van der Waals surface area (Å²) in [5.41, 5.74) is 0. The molecule has 2 atom stereocenters. The molecule has 17 heavy (non-hydrogen) atoms. The molecular formula is C13H28N2O2.